The van der Waals surface area contributed by atoms with Crippen LogP contribution >= 0.6 is 22.9 Å². The average molecular weight is 417 g/mol. The highest BCUT2D eigenvalue weighted by Gasteiger charge is 2.19. The van der Waals surface area contributed by atoms with E-state index in [1.807, 2.05) is 30.3 Å². The van der Waals surface area contributed by atoms with Gasteiger partial charge < -0.3 is 14.8 Å². The van der Waals surface area contributed by atoms with E-state index in [0.717, 1.165) is 22.5 Å². The maximum Gasteiger partial charge on any atom is 0.308 e. The number of rotatable bonds is 5. The fourth-order valence-electron chi connectivity index (χ4n) is 3.00. The van der Waals surface area contributed by atoms with Gasteiger partial charge in [0, 0.05) is 17.3 Å². The van der Waals surface area contributed by atoms with Gasteiger partial charge >= 0.3 is 4.87 Å². The molecule has 0 bridgehead atoms. The number of ether oxygens (including phenoxy) is 2. The quantitative estimate of drug-likeness (QED) is 0.690. The predicted octanol–water partition coefficient (Wildman–Crippen LogP) is 3.58. The third-order valence-corrected chi connectivity index (χ3v) is 5.78. The third kappa shape index (κ3) is 3.76. The molecule has 0 aliphatic carbocycles. The molecule has 1 aliphatic heterocycles. The fourth-order valence-corrected chi connectivity index (χ4v) is 4.12. The molecule has 0 radical (unpaired) electrons. The lowest BCUT2D eigenvalue weighted by Gasteiger charge is -2.08. The average Bonchev–Trinajstić information content (AvgIpc) is 3.25. The predicted molar refractivity (Wildman–Crippen MR) is 108 cm³/mol. The highest BCUT2D eigenvalue weighted by molar-refractivity contribution is 7.11. The topological polar surface area (TPSA) is 69.6 Å². The molecule has 0 fully saturated rings. The van der Waals surface area contributed by atoms with E-state index in [2.05, 4.69) is 5.32 Å². The first-order chi connectivity index (χ1) is 13.5. The minimum absolute atomic E-state index is 0.178. The number of hydrogen-bond acceptors (Lipinski definition) is 5. The molecule has 1 aromatic heterocycles. The molecule has 4 rings (SSSR count). The van der Waals surface area contributed by atoms with Gasteiger partial charge in [-0.2, -0.15) is 0 Å². The van der Waals surface area contributed by atoms with E-state index in [0.29, 0.717) is 40.2 Å². The number of hydrogen-bond donors (Lipinski definition) is 1. The molecular formula is C20H17ClN2O4S. The van der Waals surface area contributed by atoms with Gasteiger partial charge in [-0.05, 0) is 42.3 Å². The zero-order chi connectivity index (χ0) is 19.7. The molecule has 1 aliphatic rings. The molecule has 28 heavy (non-hydrogen) atoms. The smallest absolute Gasteiger partial charge is 0.308 e. The van der Waals surface area contributed by atoms with Crippen molar-refractivity contribution in [2.24, 2.45) is 0 Å². The Morgan fingerprint density at radius 3 is 2.82 bits per heavy atom. The van der Waals surface area contributed by atoms with E-state index in [1.54, 1.807) is 23.6 Å². The van der Waals surface area contributed by atoms with Crippen LogP contribution in [-0.2, 0) is 13.1 Å². The van der Waals surface area contributed by atoms with Crippen molar-refractivity contribution in [1.29, 1.82) is 0 Å². The van der Waals surface area contributed by atoms with Crippen LogP contribution in [0.1, 0.15) is 26.5 Å². The van der Waals surface area contributed by atoms with Gasteiger partial charge in [0.15, 0.2) is 11.5 Å². The highest BCUT2D eigenvalue weighted by atomic mass is 35.5. The summed E-state index contributed by atoms with van der Waals surface area (Å²) in [4.78, 5) is 25.3. The maximum atomic E-state index is 12.6. The SMILES string of the molecule is Cc1c(C(=O)NCc2cccc(Cl)c2)sc(=O)n1Cc1ccc2c(c1)OCO2. The number of carbonyl (C=O) groups is 1. The Labute approximate surface area is 170 Å². The van der Waals surface area contributed by atoms with Crippen LogP contribution in [0.25, 0.3) is 0 Å². The van der Waals surface area contributed by atoms with E-state index in [1.165, 1.54) is 0 Å². The minimum Gasteiger partial charge on any atom is -0.454 e. The van der Waals surface area contributed by atoms with Crippen molar-refractivity contribution in [3.05, 3.63) is 78.9 Å². The van der Waals surface area contributed by atoms with Crippen molar-refractivity contribution in [2.45, 2.75) is 20.0 Å². The lowest BCUT2D eigenvalue weighted by Crippen LogP contribution is -2.23. The van der Waals surface area contributed by atoms with Crippen LogP contribution in [0, 0.1) is 6.92 Å². The summed E-state index contributed by atoms with van der Waals surface area (Å²) in [6, 6.07) is 12.8. The molecule has 2 aromatic carbocycles. The Balaban J connectivity index is 1.50. The summed E-state index contributed by atoms with van der Waals surface area (Å²) in [6.07, 6.45) is 0. The number of thiazole rings is 1. The molecule has 2 heterocycles. The molecule has 0 unspecified atom stereocenters. The normalized spacial score (nSPS) is 12.2. The summed E-state index contributed by atoms with van der Waals surface area (Å²) >= 11 is 6.91. The summed E-state index contributed by atoms with van der Waals surface area (Å²) in [7, 11) is 0. The molecule has 0 saturated carbocycles. The van der Waals surface area contributed by atoms with Crippen LogP contribution in [0.15, 0.2) is 47.3 Å². The summed E-state index contributed by atoms with van der Waals surface area (Å²) in [5.74, 6) is 1.08. The van der Waals surface area contributed by atoms with Crippen LogP contribution in [0.4, 0.5) is 0 Å². The van der Waals surface area contributed by atoms with Gasteiger partial charge in [0.1, 0.15) is 4.88 Å². The van der Waals surface area contributed by atoms with E-state index >= 15 is 0 Å². The van der Waals surface area contributed by atoms with Crippen LogP contribution < -0.4 is 19.7 Å². The first-order valence-corrected chi connectivity index (χ1v) is 9.82. The van der Waals surface area contributed by atoms with Gasteiger partial charge in [0.25, 0.3) is 5.91 Å². The third-order valence-electron chi connectivity index (χ3n) is 4.47. The Morgan fingerprint density at radius 1 is 1.18 bits per heavy atom. The van der Waals surface area contributed by atoms with Crippen LogP contribution in [0.3, 0.4) is 0 Å². The second-order valence-corrected chi connectivity index (χ2v) is 7.77. The van der Waals surface area contributed by atoms with Crippen molar-refractivity contribution in [3.8, 4) is 11.5 Å². The first kappa shape index (κ1) is 18.6. The molecule has 0 spiro atoms. The van der Waals surface area contributed by atoms with Crippen molar-refractivity contribution in [3.63, 3.8) is 0 Å². The molecule has 0 atom stereocenters. The van der Waals surface area contributed by atoms with E-state index < -0.39 is 0 Å². The maximum absolute atomic E-state index is 12.6. The van der Waals surface area contributed by atoms with E-state index in [9.17, 15) is 9.59 Å². The fraction of sp³-hybridized carbons (Fsp3) is 0.200. The van der Waals surface area contributed by atoms with Gasteiger partial charge in [0.05, 0.1) is 6.54 Å². The Bertz CT molecular complexity index is 1110. The number of aromatic nitrogens is 1. The largest absolute Gasteiger partial charge is 0.454 e. The molecule has 6 nitrogen and oxygen atoms in total. The van der Waals surface area contributed by atoms with E-state index in [4.69, 9.17) is 21.1 Å². The van der Waals surface area contributed by atoms with Crippen LogP contribution in [0.5, 0.6) is 11.5 Å². The van der Waals surface area contributed by atoms with Gasteiger partial charge in [-0.1, -0.05) is 41.1 Å². The minimum atomic E-state index is -0.274. The summed E-state index contributed by atoms with van der Waals surface area (Å²) in [5, 5.41) is 3.46. The van der Waals surface area contributed by atoms with Gasteiger partial charge in [-0.15, -0.1) is 0 Å². The zero-order valence-corrected chi connectivity index (χ0v) is 16.6. The monoisotopic (exact) mass is 416 g/mol. The molecule has 8 heteroatoms. The standard InChI is InChI=1S/C20H17ClN2O4S/c1-12-18(19(24)22-9-13-3-2-4-15(21)7-13)28-20(25)23(12)10-14-5-6-16-17(8-14)27-11-26-16/h2-8H,9-11H2,1H3,(H,22,24). The van der Waals surface area contributed by atoms with Crippen molar-refractivity contribution < 1.29 is 14.3 Å². The Morgan fingerprint density at radius 2 is 2.00 bits per heavy atom. The Hall–Kier alpha value is -2.77. The lowest BCUT2D eigenvalue weighted by atomic mass is 10.2. The van der Waals surface area contributed by atoms with Crippen LogP contribution in [-0.4, -0.2) is 17.3 Å². The molecule has 1 amide bonds. The summed E-state index contributed by atoms with van der Waals surface area (Å²) in [6.45, 7) is 2.68. The highest BCUT2D eigenvalue weighted by Crippen LogP contribution is 2.32. The van der Waals surface area contributed by atoms with Crippen molar-refractivity contribution >= 4 is 28.8 Å². The van der Waals surface area contributed by atoms with Gasteiger partial charge in [0.2, 0.25) is 6.79 Å². The van der Waals surface area contributed by atoms with Gasteiger partial charge in [-0.3, -0.25) is 14.2 Å². The number of nitrogens with one attached hydrogen (secondary N) is 1. The van der Waals surface area contributed by atoms with E-state index in [-0.39, 0.29) is 17.6 Å². The first-order valence-electron chi connectivity index (χ1n) is 8.62. The number of amides is 1. The Kier molecular flexibility index (Phi) is 5.11. The lowest BCUT2D eigenvalue weighted by molar-refractivity contribution is 0.0954. The molecular weight excluding hydrogens is 400 g/mol. The molecule has 0 saturated heterocycles. The number of fused-ring (bicyclic) bond motifs is 1. The second kappa shape index (κ2) is 7.69. The number of carbonyl (C=O) groups excluding carboxylic acids is 1. The van der Waals surface area contributed by atoms with Crippen LogP contribution in [0.2, 0.25) is 5.02 Å². The zero-order valence-electron chi connectivity index (χ0n) is 15.0. The molecule has 1 N–H and O–H groups in total. The second-order valence-electron chi connectivity index (χ2n) is 6.37. The van der Waals surface area contributed by atoms with Crippen molar-refractivity contribution in [2.75, 3.05) is 6.79 Å². The number of halogens is 1. The molecule has 3 aromatic rings. The molecule has 144 valence electrons. The van der Waals surface area contributed by atoms with Crippen molar-refractivity contribution in [1.82, 2.24) is 9.88 Å². The number of benzene rings is 2. The summed E-state index contributed by atoms with van der Waals surface area (Å²) < 4.78 is 12.3. The summed E-state index contributed by atoms with van der Waals surface area (Å²) in [5.41, 5.74) is 2.43. The number of nitrogens with zero attached hydrogens (tertiary/aromatic N) is 1. The van der Waals surface area contributed by atoms with Gasteiger partial charge in [-0.25, -0.2) is 0 Å².